The van der Waals surface area contributed by atoms with Crippen molar-refractivity contribution < 1.29 is 13.2 Å². The summed E-state index contributed by atoms with van der Waals surface area (Å²) in [5, 5.41) is 9.03. The number of sulfonamides is 1. The van der Waals surface area contributed by atoms with Crippen LogP contribution in [-0.4, -0.2) is 24.1 Å². The summed E-state index contributed by atoms with van der Waals surface area (Å²) < 4.78 is 29.3. The SMILES string of the molecule is O=C(NCc1ccccc1Cn1cccn1)c1ccc(S(=O)(=O)NCc2cccs2)cc1. The maximum absolute atomic E-state index is 12.6. The van der Waals surface area contributed by atoms with Crippen LogP contribution in [0.5, 0.6) is 0 Å². The van der Waals surface area contributed by atoms with E-state index in [4.69, 9.17) is 0 Å². The summed E-state index contributed by atoms with van der Waals surface area (Å²) in [5.41, 5.74) is 2.45. The number of rotatable bonds is 9. The first kappa shape index (κ1) is 21.9. The van der Waals surface area contributed by atoms with Crippen LogP contribution in [0.25, 0.3) is 0 Å². The summed E-state index contributed by atoms with van der Waals surface area (Å²) in [4.78, 5) is 13.6. The van der Waals surface area contributed by atoms with Crippen LogP contribution in [0.4, 0.5) is 0 Å². The van der Waals surface area contributed by atoms with E-state index in [1.54, 1.807) is 6.20 Å². The molecule has 2 N–H and O–H groups in total. The van der Waals surface area contributed by atoms with Gasteiger partial charge in [-0.1, -0.05) is 30.3 Å². The molecule has 9 heteroatoms. The maximum atomic E-state index is 12.6. The smallest absolute Gasteiger partial charge is 0.251 e. The van der Waals surface area contributed by atoms with Crippen molar-refractivity contribution in [1.82, 2.24) is 19.8 Å². The summed E-state index contributed by atoms with van der Waals surface area (Å²) in [6.07, 6.45) is 3.62. The lowest BCUT2D eigenvalue weighted by Crippen LogP contribution is -2.25. The third-order valence-electron chi connectivity index (χ3n) is 4.89. The normalized spacial score (nSPS) is 11.4. The van der Waals surface area contributed by atoms with E-state index in [-0.39, 0.29) is 17.3 Å². The quantitative estimate of drug-likeness (QED) is 0.395. The number of nitrogens with one attached hydrogen (secondary N) is 2. The molecule has 0 saturated carbocycles. The Morgan fingerprint density at radius 3 is 2.41 bits per heavy atom. The minimum atomic E-state index is -3.65. The molecule has 4 rings (SSSR count). The van der Waals surface area contributed by atoms with Crippen LogP contribution >= 0.6 is 11.3 Å². The van der Waals surface area contributed by atoms with Crippen molar-refractivity contribution >= 4 is 27.3 Å². The van der Waals surface area contributed by atoms with E-state index < -0.39 is 10.0 Å². The molecule has 0 saturated heterocycles. The van der Waals surface area contributed by atoms with Crippen LogP contribution < -0.4 is 10.0 Å². The van der Waals surface area contributed by atoms with Gasteiger partial charge in [-0.15, -0.1) is 11.3 Å². The molecule has 0 bridgehead atoms. The Labute approximate surface area is 190 Å². The zero-order valence-corrected chi connectivity index (χ0v) is 18.8. The monoisotopic (exact) mass is 466 g/mol. The van der Waals surface area contributed by atoms with Crippen molar-refractivity contribution in [3.63, 3.8) is 0 Å². The molecule has 0 atom stereocenters. The first-order valence-electron chi connectivity index (χ1n) is 9.96. The molecule has 0 aliphatic heterocycles. The lowest BCUT2D eigenvalue weighted by atomic mass is 10.1. The highest BCUT2D eigenvalue weighted by Gasteiger charge is 2.15. The van der Waals surface area contributed by atoms with Gasteiger partial charge in [0.1, 0.15) is 0 Å². The fourth-order valence-corrected chi connectivity index (χ4v) is 4.92. The predicted molar refractivity (Wildman–Crippen MR) is 124 cm³/mol. The van der Waals surface area contributed by atoms with Crippen LogP contribution in [0, 0.1) is 0 Å². The van der Waals surface area contributed by atoms with Crippen molar-refractivity contribution in [3.05, 3.63) is 106 Å². The molecule has 7 nitrogen and oxygen atoms in total. The van der Waals surface area contributed by atoms with E-state index in [0.29, 0.717) is 18.7 Å². The number of aromatic nitrogens is 2. The second-order valence-electron chi connectivity index (χ2n) is 7.08. The van der Waals surface area contributed by atoms with Gasteiger partial charge in [-0.2, -0.15) is 5.10 Å². The van der Waals surface area contributed by atoms with E-state index >= 15 is 0 Å². The van der Waals surface area contributed by atoms with Crippen LogP contribution in [0.1, 0.15) is 26.4 Å². The molecule has 2 heterocycles. The topological polar surface area (TPSA) is 93.1 Å². The Morgan fingerprint density at radius 2 is 1.72 bits per heavy atom. The van der Waals surface area contributed by atoms with Gasteiger partial charge >= 0.3 is 0 Å². The molecule has 0 radical (unpaired) electrons. The van der Waals surface area contributed by atoms with Gasteiger partial charge < -0.3 is 5.32 Å². The van der Waals surface area contributed by atoms with Crippen molar-refractivity contribution in [2.24, 2.45) is 0 Å². The minimum Gasteiger partial charge on any atom is -0.348 e. The number of hydrogen-bond donors (Lipinski definition) is 2. The lowest BCUT2D eigenvalue weighted by Gasteiger charge is -2.11. The van der Waals surface area contributed by atoms with Crippen LogP contribution in [0.15, 0.2) is 89.4 Å². The van der Waals surface area contributed by atoms with Crippen molar-refractivity contribution in [3.8, 4) is 0 Å². The van der Waals surface area contributed by atoms with Gasteiger partial charge in [0.2, 0.25) is 10.0 Å². The van der Waals surface area contributed by atoms with Crippen LogP contribution in [0.2, 0.25) is 0 Å². The Kier molecular flexibility index (Phi) is 6.79. The summed E-state index contributed by atoms with van der Waals surface area (Å²) in [6.45, 7) is 1.21. The summed E-state index contributed by atoms with van der Waals surface area (Å²) >= 11 is 1.49. The van der Waals surface area contributed by atoms with E-state index in [1.165, 1.54) is 35.6 Å². The van der Waals surface area contributed by atoms with Gasteiger partial charge in [0, 0.05) is 35.9 Å². The fraction of sp³-hybridized carbons (Fsp3) is 0.130. The van der Waals surface area contributed by atoms with Crippen LogP contribution in [-0.2, 0) is 29.7 Å². The summed E-state index contributed by atoms with van der Waals surface area (Å²) in [6, 6.07) is 19.4. The second-order valence-corrected chi connectivity index (χ2v) is 9.88. The zero-order valence-electron chi connectivity index (χ0n) is 17.1. The van der Waals surface area contributed by atoms with E-state index in [9.17, 15) is 13.2 Å². The molecule has 32 heavy (non-hydrogen) atoms. The number of benzene rings is 2. The van der Waals surface area contributed by atoms with Gasteiger partial charge in [-0.25, -0.2) is 13.1 Å². The average molecular weight is 467 g/mol. The van der Waals surface area contributed by atoms with Crippen molar-refractivity contribution in [2.45, 2.75) is 24.5 Å². The highest BCUT2D eigenvalue weighted by atomic mass is 32.2. The highest BCUT2D eigenvalue weighted by Crippen LogP contribution is 2.14. The Morgan fingerprint density at radius 1 is 0.938 bits per heavy atom. The number of thiophene rings is 1. The third kappa shape index (κ3) is 5.50. The molecule has 1 amide bonds. The molecular formula is C23H22N4O3S2. The molecule has 0 unspecified atom stereocenters. The minimum absolute atomic E-state index is 0.121. The molecule has 0 aliphatic rings. The number of amides is 1. The lowest BCUT2D eigenvalue weighted by molar-refractivity contribution is 0.0950. The first-order valence-corrected chi connectivity index (χ1v) is 12.3. The number of nitrogens with zero attached hydrogens (tertiary/aromatic N) is 2. The molecule has 0 aliphatic carbocycles. The number of hydrogen-bond acceptors (Lipinski definition) is 5. The number of carbonyl (C=O) groups excluding carboxylic acids is 1. The van der Waals surface area contributed by atoms with Gasteiger partial charge in [0.15, 0.2) is 0 Å². The summed E-state index contributed by atoms with van der Waals surface area (Å²) in [5.74, 6) is -0.269. The number of carbonyl (C=O) groups is 1. The van der Waals surface area contributed by atoms with Crippen LogP contribution in [0.3, 0.4) is 0 Å². The molecule has 2 aromatic carbocycles. The van der Waals surface area contributed by atoms with Gasteiger partial charge in [-0.3, -0.25) is 9.48 Å². The standard InChI is InChI=1S/C23H22N4O3S2/c28-23(24-15-19-5-1-2-6-20(19)17-27-13-4-12-25-27)18-8-10-22(11-9-18)32(29,30)26-16-21-7-3-14-31-21/h1-14,26H,15-17H2,(H,24,28). The zero-order chi connectivity index (χ0) is 22.4. The predicted octanol–water partition coefficient (Wildman–Crippen LogP) is 3.40. The van der Waals surface area contributed by atoms with Gasteiger partial charge in [0.05, 0.1) is 11.4 Å². The van der Waals surface area contributed by atoms with Crippen molar-refractivity contribution in [1.29, 1.82) is 0 Å². The van der Waals surface area contributed by atoms with Gasteiger partial charge in [-0.05, 0) is 52.9 Å². The Balaban J connectivity index is 1.37. The largest absolute Gasteiger partial charge is 0.348 e. The Hall–Kier alpha value is -3.27. The summed E-state index contributed by atoms with van der Waals surface area (Å²) in [7, 11) is -3.65. The van der Waals surface area contributed by atoms with Gasteiger partial charge in [0.25, 0.3) is 5.91 Å². The molecule has 164 valence electrons. The van der Waals surface area contributed by atoms with E-state index in [1.807, 2.05) is 58.7 Å². The van der Waals surface area contributed by atoms with E-state index in [2.05, 4.69) is 15.1 Å². The molecular weight excluding hydrogens is 444 g/mol. The third-order valence-corrected chi connectivity index (χ3v) is 7.19. The van der Waals surface area contributed by atoms with E-state index in [0.717, 1.165) is 16.0 Å². The van der Waals surface area contributed by atoms with Crippen molar-refractivity contribution in [2.75, 3.05) is 0 Å². The maximum Gasteiger partial charge on any atom is 0.251 e. The fourth-order valence-electron chi connectivity index (χ4n) is 3.18. The molecule has 4 aromatic rings. The molecule has 0 spiro atoms. The Bertz CT molecular complexity index is 1270. The molecule has 2 aromatic heterocycles. The first-order chi connectivity index (χ1) is 15.5. The molecule has 0 fully saturated rings. The average Bonchev–Trinajstić information content (AvgIpc) is 3.51. The highest BCUT2D eigenvalue weighted by molar-refractivity contribution is 7.89. The second kappa shape index (κ2) is 9.90.